The Balaban J connectivity index is 0.000000231. The summed E-state index contributed by atoms with van der Waals surface area (Å²) in [5.74, 6) is -0.566. The van der Waals surface area contributed by atoms with Crippen molar-refractivity contribution in [2.45, 2.75) is 33.5 Å². The van der Waals surface area contributed by atoms with Gasteiger partial charge in [0.05, 0.1) is 15.2 Å². The lowest BCUT2D eigenvalue weighted by Gasteiger charge is -2.18. The SMILES string of the molecule is COC(=O)c1cc(C)ccc1O.Cc1ccccc1[Si](C)(C)C. The number of phenolic OH excluding ortho intramolecular Hbond substituents is 1. The fourth-order valence-electron chi connectivity index (χ4n) is 2.34. The van der Waals surface area contributed by atoms with E-state index in [9.17, 15) is 9.90 Å². The van der Waals surface area contributed by atoms with Crippen molar-refractivity contribution in [1.29, 1.82) is 0 Å². The number of methoxy groups -OCH3 is 1. The molecule has 0 aliphatic rings. The number of ether oxygens (including phenoxy) is 1. The lowest BCUT2D eigenvalue weighted by molar-refractivity contribution is 0.0597. The Morgan fingerprint density at radius 3 is 2.13 bits per heavy atom. The quantitative estimate of drug-likeness (QED) is 0.668. The molecule has 0 aliphatic carbocycles. The molecule has 0 spiro atoms. The van der Waals surface area contributed by atoms with Crippen LogP contribution in [0, 0.1) is 13.8 Å². The van der Waals surface area contributed by atoms with Gasteiger partial charge >= 0.3 is 5.97 Å². The standard InChI is InChI=1S/C10H16Si.C9H10O3/c1-9-7-5-6-8-10(9)11(2,3)4;1-6-3-4-8(10)7(5-6)9(11)12-2/h5-8H,1-4H3;3-5,10H,1-2H3. The first-order valence-corrected chi connectivity index (χ1v) is 11.1. The monoisotopic (exact) mass is 330 g/mol. The van der Waals surface area contributed by atoms with Crippen LogP contribution in [0.25, 0.3) is 0 Å². The summed E-state index contributed by atoms with van der Waals surface area (Å²) in [5, 5.41) is 10.8. The van der Waals surface area contributed by atoms with Gasteiger partial charge in [-0.3, -0.25) is 0 Å². The zero-order valence-corrected chi connectivity index (χ0v) is 15.8. The molecule has 0 fully saturated rings. The second-order valence-corrected chi connectivity index (χ2v) is 11.6. The number of aromatic hydroxyl groups is 1. The highest BCUT2D eigenvalue weighted by atomic mass is 28.3. The molecule has 0 heterocycles. The summed E-state index contributed by atoms with van der Waals surface area (Å²) in [4.78, 5) is 11.0. The van der Waals surface area contributed by atoms with Crippen LogP contribution in [0.15, 0.2) is 42.5 Å². The molecule has 1 N–H and O–H groups in total. The van der Waals surface area contributed by atoms with E-state index in [4.69, 9.17) is 0 Å². The van der Waals surface area contributed by atoms with Crippen molar-refractivity contribution in [3.05, 3.63) is 59.2 Å². The van der Waals surface area contributed by atoms with Crippen molar-refractivity contribution in [3.8, 4) is 5.75 Å². The van der Waals surface area contributed by atoms with Crippen LogP contribution in [0.1, 0.15) is 21.5 Å². The van der Waals surface area contributed by atoms with Crippen molar-refractivity contribution in [2.24, 2.45) is 0 Å². The zero-order chi connectivity index (χ0) is 17.6. The number of hydrogen-bond donors (Lipinski definition) is 1. The highest BCUT2D eigenvalue weighted by Crippen LogP contribution is 2.18. The number of carbonyl (C=O) groups excluding carboxylic acids is 1. The Hall–Kier alpha value is -2.07. The molecule has 0 atom stereocenters. The molecule has 0 amide bonds. The predicted molar refractivity (Wildman–Crippen MR) is 98.3 cm³/mol. The average molecular weight is 331 g/mol. The lowest BCUT2D eigenvalue weighted by atomic mass is 10.1. The van der Waals surface area contributed by atoms with E-state index >= 15 is 0 Å². The van der Waals surface area contributed by atoms with Crippen LogP contribution in [-0.2, 0) is 4.74 Å². The first kappa shape index (κ1) is 19.0. The molecule has 0 aliphatic heterocycles. The van der Waals surface area contributed by atoms with E-state index in [1.54, 1.807) is 17.3 Å². The van der Waals surface area contributed by atoms with Crippen LogP contribution in [0.4, 0.5) is 0 Å². The third-order valence-corrected chi connectivity index (χ3v) is 5.69. The number of benzene rings is 2. The van der Waals surface area contributed by atoms with E-state index in [1.165, 1.54) is 18.7 Å². The molecule has 0 radical (unpaired) electrons. The zero-order valence-electron chi connectivity index (χ0n) is 14.8. The van der Waals surface area contributed by atoms with Gasteiger partial charge in [-0.2, -0.15) is 0 Å². The maximum Gasteiger partial charge on any atom is 0.341 e. The van der Waals surface area contributed by atoms with Crippen LogP contribution in [-0.4, -0.2) is 26.3 Å². The van der Waals surface area contributed by atoms with Crippen LogP contribution < -0.4 is 5.19 Å². The first-order valence-electron chi connectivity index (χ1n) is 7.61. The van der Waals surface area contributed by atoms with Crippen LogP contribution in [0.3, 0.4) is 0 Å². The summed E-state index contributed by atoms with van der Waals surface area (Å²) in [7, 11) is 0.204. The van der Waals surface area contributed by atoms with Crippen molar-refractivity contribution in [2.75, 3.05) is 7.11 Å². The van der Waals surface area contributed by atoms with Crippen LogP contribution in [0.2, 0.25) is 19.6 Å². The largest absolute Gasteiger partial charge is 0.507 e. The summed E-state index contributed by atoms with van der Waals surface area (Å²) >= 11 is 0. The smallest absolute Gasteiger partial charge is 0.341 e. The summed E-state index contributed by atoms with van der Waals surface area (Å²) in [6, 6.07) is 13.5. The maximum absolute atomic E-state index is 11.0. The van der Waals surface area contributed by atoms with E-state index in [-0.39, 0.29) is 11.3 Å². The minimum atomic E-state index is -1.08. The van der Waals surface area contributed by atoms with Gasteiger partial charge in [0.2, 0.25) is 0 Å². The van der Waals surface area contributed by atoms with Crippen molar-refractivity contribution < 1.29 is 14.6 Å². The lowest BCUT2D eigenvalue weighted by Crippen LogP contribution is -2.39. The number of carbonyl (C=O) groups is 1. The molecule has 2 aromatic rings. The fraction of sp³-hybridized carbons (Fsp3) is 0.316. The van der Waals surface area contributed by atoms with Crippen molar-refractivity contribution in [1.82, 2.24) is 0 Å². The molecule has 2 aromatic carbocycles. The van der Waals surface area contributed by atoms with Crippen molar-refractivity contribution >= 4 is 19.2 Å². The Kier molecular flexibility index (Phi) is 6.58. The molecule has 2 rings (SSSR count). The highest BCUT2D eigenvalue weighted by Gasteiger charge is 2.17. The third kappa shape index (κ3) is 5.56. The Bertz CT molecular complexity index is 673. The Morgan fingerprint density at radius 2 is 1.65 bits per heavy atom. The van der Waals surface area contributed by atoms with E-state index in [2.05, 4.69) is 55.6 Å². The van der Waals surface area contributed by atoms with Crippen molar-refractivity contribution in [3.63, 3.8) is 0 Å². The average Bonchev–Trinajstić information content (AvgIpc) is 2.49. The van der Waals surface area contributed by atoms with Gasteiger partial charge < -0.3 is 9.84 Å². The Morgan fingerprint density at radius 1 is 1.04 bits per heavy atom. The van der Waals surface area contributed by atoms with Crippen LogP contribution >= 0.6 is 0 Å². The predicted octanol–water partition coefficient (Wildman–Crippen LogP) is 4.03. The molecule has 0 saturated heterocycles. The van der Waals surface area contributed by atoms with Gasteiger partial charge in [0.1, 0.15) is 11.3 Å². The minimum absolute atomic E-state index is 0.0487. The molecule has 124 valence electrons. The number of hydrogen-bond acceptors (Lipinski definition) is 3. The molecule has 0 unspecified atom stereocenters. The van der Waals surface area contributed by atoms with E-state index in [0.717, 1.165) is 5.56 Å². The van der Waals surface area contributed by atoms with E-state index in [1.807, 2.05) is 6.92 Å². The number of phenols is 1. The van der Waals surface area contributed by atoms with Gasteiger partial charge in [0, 0.05) is 0 Å². The topological polar surface area (TPSA) is 46.5 Å². The maximum atomic E-state index is 11.0. The van der Waals surface area contributed by atoms with Gasteiger partial charge in [-0.25, -0.2) is 4.79 Å². The molecule has 3 nitrogen and oxygen atoms in total. The number of rotatable bonds is 2. The molecule has 4 heteroatoms. The van der Waals surface area contributed by atoms with Gasteiger partial charge in [-0.15, -0.1) is 0 Å². The van der Waals surface area contributed by atoms with E-state index < -0.39 is 14.0 Å². The van der Waals surface area contributed by atoms with Gasteiger partial charge in [-0.1, -0.05) is 66.3 Å². The molecule has 0 saturated carbocycles. The summed E-state index contributed by atoms with van der Waals surface area (Å²) < 4.78 is 4.47. The fourth-order valence-corrected chi connectivity index (χ4v) is 4.20. The third-order valence-electron chi connectivity index (χ3n) is 3.51. The van der Waals surface area contributed by atoms with Gasteiger partial charge in [0.25, 0.3) is 0 Å². The summed E-state index contributed by atoms with van der Waals surface area (Å²) in [5.41, 5.74) is 2.57. The Labute approximate surface area is 139 Å². The van der Waals surface area contributed by atoms with Gasteiger partial charge in [-0.05, 0) is 26.0 Å². The number of aryl methyl sites for hydroxylation is 2. The molecule has 0 aromatic heterocycles. The molecular formula is C19H26O3Si. The highest BCUT2D eigenvalue weighted by molar-refractivity contribution is 6.89. The summed E-state index contributed by atoms with van der Waals surface area (Å²) in [6.07, 6.45) is 0. The normalized spacial score (nSPS) is 10.5. The minimum Gasteiger partial charge on any atom is -0.507 e. The molecule has 0 bridgehead atoms. The van der Waals surface area contributed by atoms with E-state index in [0.29, 0.717) is 0 Å². The molecular weight excluding hydrogens is 304 g/mol. The number of esters is 1. The van der Waals surface area contributed by atoms with Crippen LogP contribution in [0.5, 0.6) is 5.75 Å². The second kappa shape index (κ2) is 7.97. The molecule has 23 heavy (non-hydrogen) atoms. The second-order valence-electron chi connectivity index (χ2n) is 6.58. The summed E-state index contributed by atoms with van der Waals surface area (Å²) in [6.45, 7) is 11.2. The first-order chi connectivity index (χ1) is 10.7. The van der Waals surface area contributed by atoms with Gasteiger partial charge in [0.15, 0.2) is 0 Å².